The predicted octanol–water partition coefficient (Wildman–Crippen LogP) is 2.07. The molecule has 15 heavy (non-hydrogen) atoms. The average molecular weight is 207 g/mol. The normalized spacial score (nSPS) is 23.4. The molecular weight excluding hydrogens is 190 g/mol. The Morgan fingerprint density at radius 1 is 1.40 bits per heavy atom. The maximum absolute atomic E-state index is 5.22. The smallest absolute Gasteiger partial charge is 0.119 e. The number of hydrogen-bond acceptors (Lipinski definition) is 3. The SMILES string of the molecule is COCC1(C)Cc2cc(OC)ccc2N1. The first kappa shape index (κ1) is 10.3. The Labute approximate surface area is 90.4 Å². The van der Waals surface area contributed by atoms with E-state index in [0.717, 1.165) is 12.2 Å². The number of benzene rings is 1. The molecule has 0 aromatic heterocycles. The summed E-state index contributed by atoms with van der Waals surface area (Å²) in [6.07, 6.45) is 0.980. The first-order chi connectivity index (χ1) is 7.17. The van der Waals surface area contributed by atoms with Crippen molar-refractivity contribution in [1.82, 2.24) is 0 Å². The van der Waals surface area contributed by atoms with Gasteiger partial charge in [-0.05, 0) is 37.1 Å². The minimum Gasteiger partial charge on any atom is -0.497 e. The third-order valence-corrected chi connectivity index (χ3v) is 2.79. The van der Waals surface area contributed by atoms with Gasteiger partial charge in [0.1, 0.15) is 5.75 Å². The molecule has 0 saturated heterocycles. The zero-order chi connectivity index (χ0) is 10.9. The third-order valence-electron chi connectivity index (χ3n) is 2.79. The molecule has 3 heteroatoms. The zero-order valence-electron chi connectivity index (χ0n) is 9.46. The fourth-order valence-corrected chi connectivity index (χ4v) is 2.16. The van der Waals surface area contributed by atoms with E-state index in [2.05, 4.69) is 24.4 Å². The molecular formula is C12H17NO2. The summed E-state index contributed by atoms with van der Waals surface area (Å²) in [7, 11) is 3.43. The van der Waals surface area contributed by atoms with Crippen LogP contribution in [-0.2, 0) is 11.2 Å². The summed E-state index contributed by atoms with van der Waals surface area (Å²) in [6.45, 7) is 2.88. The molecule has 0 spiro atoms. The number of fused-ring (bicyclic) bond motifs is 1. The van der Waals surface area contributed by atoms with Gasteiger partial charge in [0.2, 0.25) is 0 Å². The fourth-order valence-electron chi connectivity index (χ4n) is 2.16. The van der Waals surface area contributed by atoms with Crippen molar-refractivity contribution < 1.29 is 9.47 Å². The van der Waals surface area contributed by atoms with Gasteiger partial charge in [0.25, 0.3) is 0 Å². The number of rotatable bonds is 3. The number of anilines is 1. The summed E-state index contributed by atoms with van der Waals surface area (Å²) < 4.78 is 10.4. The Balaban J connectivity index is 2.23. The maximum Gasteiger partial charge on any atom is 0.119 e. The van der Waals surface area contributed by atoms with Gasteiger partial charge in [0.15, 0.2) is 0 Å². The summed E-state index contributed by atoms with van der Waals surface area (Å²) in [5, 5.41) is 3.48. The largest absolute Gasteiger partial charge is 0.497 e. The second-order valence-corrected chi connectivity index (χ2v) is 4.32. The molecule has 0 radical (unpaired) electrons. The Morgan fingerprint density at radius 2 is 2.20 bits per heavy atom. The van der Waals surface area contributed by atoms with Gasteiger partial charge >= 0.3 is 0 Å². The molecule has 0 fully saturated rings. The summed E-state index contributed by atoms with van der Waals surface area (Å²) >= 11 is 0. The highest BCUT2D eigenvalue weighted by Gasteiger charge is 2.32. The van der Waals surface area contributed by atoms with Crippen LogP contribution in [0.25, 0.3) is 0 Å². The number of hydrogen-bond donors (Lipinski definition) is 1. The number of ether oxygens (including phenoxy) is 2. The van der Waals surface area contributed by atoms with E-state index in [-0.39, 0.29) is 5.54 Å². The molecule has 1 aromatic rings. The predicted molar refractivity (Wildman–Crippen MR) is 60.6 cm³/mol. The molecule has 0 amide bonds. The first-order valence-corrected chi connectivity index (χ1v) is 5.11. The second-order valence-electron chi connectivity index (χ2n) is 4.32. The highest BCUT2D eigenvalue weighted by atomic mass is 16.5. The van der Waals surface area contributed by atoms with Crippen LogP contribution < -0.4 is 10.1 Å². The van der Waals surface area contributed by atoms with Crippen LogP contribution in [0.1, 0.15) is 12.5 Å². The van der Waals surface area contributed by atoms with Gasteiger partial charge in [-0.15, -0.1) is 0 Å². The molecule has 1 aliphatic rings. The van der Waals surface area contributed by atoms with E-state index in [0.29, 0.717) is 6.61 Å². The standard InChI is InChI=1S/C12H17NO2/c1-12(8-14-2)7-9-6-10(15-3)4-5-11(9)13-12/h4-6,13H,7-8H2,1-3H3. The molecule has 1 unspecified atom stereocenters. The van der Waals surface area contributed by atoms with Crippen molar-refractivity contribution in [3.63, 3.8) is 0 Å². The molecule has 82 valence electrons. The molecule has 1 N–H and O–H groups in total. The van der Waals surface area contributed by atoms with Crippen molar-refractivity contribution >= 4 is 5.69 Å². The monoisotopic (exact) mass is 207 g/mol. The summed E-state index contributed by atoms with van der Waals surface area (Å²) in [5.41, 5.74) is 2.51. The van der Waals surface area contributed by atoms with E-state index < -0.39 is 0 Å². The number of methoxy groups -OCH3 is 2. The molecule has 3 nitrogen and oxygen atoms in total. The zero-order valence-corrected chi connectivity index (χ0v) is 9.46. The van der Waals surface area contributed by atoms with Crippen molar-refractivity contribution in [2.45, 2.75) is 18.9 Å². The van der Waals surface area contributed by atoms with Crippen molar-refractivity contribution in [2.75, 3.05) is 26.1 Å². The molecule has 0 aliphatic carbocycles. The molecule has 1 heterocycles. The fraction of sp³-hybridized carbons (Fsp3) is 0.500. The minimum absolute atomic E-state index is 0.0173. The Bertz CT molecular complexity index is 365. The van der Waals surface area contributed by atoms with Crippen LogP contribution in [0, 0.1) is 0 Å². The van der Waals surface area contributed by atoms with E-state index in [9.17, 15) is 0 Å². The lowest BCUT2D eigenvalue weighted by atomic mass is 9.99. The lowest BCUT2D eigenvalue weighted by molar-refractivity contribution is 0.153. The van der Waals surface area contributed by atoms with Crippen LogP contribution >= 0.6 is 0 Å². The van der Waals surface area contributed by atoms with E-state index in [1.54, 1.807) is 14.2 Å². The van der Waals surface area contributed by atoms with Crippen LogP contribution in [0.15, 0.2) is 18.2 Å². The lowest BCUT2D eigenvalue weighted by Crippen LogP contribution is -2.37. The molecule has 0 saturated carbocycles. The highest BCUT2D eigenvalue weighted by molar-refractivity contribution is 5.60. The lowest BCUT2D eigenvalue weighted by Gasteiger charge is -2.23. The molecule has 1 aromatic carbocycles. The van der Waals surface area contributed by atoms with Crippen LogP contribution in [0.3, 0.4) is 0 Å². The second kappa shape index (κ2) is 3.74. The molecule has 0 bridgehead atoms. The van der Waals surface area contributed by atoms with E-state index >= 15 is 0 Å². The van der Waals surface area contributed by atoms with Crippen molar-refractivity contribution in [3.8, 4) is 5.75 Å². The maximum atomic E-state index is 5.22. The van der Waals surface area contributed by atoms with Crippen LogP contribution in [-0.4, -0.2) is 26.4 Å². The van der Waals surface area contributed by atoms with Crippen molar-refractivity contribution in [1.29, 1.82) is 0 Å². The minimum atomic E-state index is 0.0173. The van der Waals surface area contributed by atoms with Crippen molar-refractivity contribution in [3.05, 3.63) is 23.8 Å². The molecule has 1 atom stereocenters. The van der Waals surface area contributed by atoms with Gasteiger partial charge in [-0.1, -0.05) is 0 Å². The van der Waals surface area contributed by atoms with Gasteiger partial charge in [-0.2, -0.15) is 0 Å². The summed E-state index contributed by atoms with van der Waals surface area (Å²) in [6, 6.07) is 6.13. The van der Waals surface area contributed by atoms with Gasteiger partial charge < -0.3 is 14.8 Å². The van der Waals surface area contributed by atoms with Crippen LogP contribution in [0.5, 0.6) is 5.75 Å². The van der Waals surface area contributed by atoms with Gasteiger partial charge in [0, 0.05) is 12.8 Å². The van der Waals surface area contributed by atoms with Crippen molar-refractivity contribution in [2.24, 2.45) is 0 Å². The topological polar surface area (TPSA) is 30.5 Å². The first-order valence-electron chi connectivity index (χ1n) is 5.11. The van der Waals surface area contributed by atoms with Gasteiger partial charge in [0.05, 0.1) is 19.3 Å². The Morgan fingerprint density at radius 3 is 2.87 bits per heavy atom. The Hall–Kier alpha value is -1.22. The van der Waals surface area contributed by atoms with Crippen LogP contribution in [0.4, 0.5) is 5.69 Å². The van der Waals surface area contributed by atoms with Gasteiger partial charge in [-0.3, -0.25) is 0 Å². The summed E-state index contributed by atoms with van der Waals surface area (Å²) in [4.78, 5) is 0. The molecule has 1 aliphatic heterocycles. The third kappa shape index (κ3) is 1.92. The van der Waals surface area contributed by atoms with E-state index in [1.807, 2.05) is 6.07 Å². The van der Waals surface area contributed by atoms with E-state index in [1.165, 1.54) is 11.3 Å². The molecule has 2 rings (SSSR count). The Kier molecular flexibility index (Phi) is 2.57. The quantitative estimate of drug-likeness (QED) is 0.823. The van der Waals surface area contributed by atoms with Crippen LogP contribution in [0.2, 0.25) is 0 Å². The van der Waals surface area contributed by atoms with E-state index in [4.69, 9.17) is 9.47 Å². The number of nitrogens with one attached hydrogen (secondary N) is 1. The average Bonchev–Trinajstić information content (AvgIpc) is 2.53. The highest BCUT2D eigenvalue weighted by Crippen LogP contribution is 2.34. The summed E-state index contributed by atoms with van der Waals surface area (Å²) in [5.74, 6) is 0.914. The van der Waals surface area contributed by atoms with Gasteiger partial charge in [-0.25, -0.2) is 0 Å².